The standard InChI is InChI=1S/C12H15IN4O8S/c1-26(23,24)25-3-2-15-9-4-7(8(6-13)12(14)18)10(16(19)20)5-11(9)17(21)22/h4-5,8,15H,2-3,6H2,1H3,(H2,14,18). The van der Waals surface area contributed by atoms with Crippen LogP contribution in [0.1, 0.15) is 11.5 Å². The molecule has 0 spiro atoms. The average molecular weight is 502 g/mol. The first kappa shape index (κ1) is 22.0. The number of carbonyl (C=O) groups excluding carboxylic acids is 1. The number of nitrogens with two attached hydrogens (primary N) is 1. The van der Waals surface area contributed by atoms with Gasteiger partial charge < -0.3 is 11.1 Å². The molecule has 0 saturated carbocycles. The molecular formula is C12H15IN4O8S. The summed E-state index contributed by atoms with van der Waals surface area (Å²) >= 11 is 1.82. The number of nitro benzene ring substituents is 2. The summed E-state index contributed by atoms with van der Waals surface area (Å²) < 4.78 is 26.5. The molecule has 0 aliphatic carbocycles. The Morgan fingerprint density at radius 1 is 1.31 bits per heavy atom. The molecule has 0 aliphatic heterocycles. The SMILES string of the molecule is CS(=O)(=O)OCCNc1cc(C(CI)C(N)=O)c([N+](=O)[O-])cc1[N+](=O)[O-]. The highest BCUT2D eigenvalue weighted by atomic mass is 127. The van der Waals surface area contributed by atoms with E-state index in [0.29, 0.717) is 0 Å². The van der Waals surface area contributed by atoms with Crippen molar-refractivity contribution in [1.82, 2.24) is 0 Å². The Bertz CT molecular complexity index is 829. The number of benzene rings is 1. The Kier molecular flexibility index (Phi) is 7.64. The predicted molar refractivity (Wildman–Crippen MR) is 99.9 cm³/mol. The lowest BCUT2D eigenvalue weighted by Crippen LogP contribution is -2.23. The summed E-state index contributed by atoms with van der Waals surface area (Å²) in [5.41, 5.74) is 3.86. The summed E-state index contributed by atoms with van der Waals surface area (Å²) in [6, 6.07) is 1.84. The van der Waals surface area contributed by atoms with Crippen LogP contribution in [0.4, 0.5) is 17.1 Å². The fraction of sp³-hybridized carbons (Fsp3) is 0.417. The number of hydrogen-bond acceptors (Lipinski definition) is 9. The quantitative estimate of drug-likeness (QED) is 0.117. The van der Waals surface area contributed by atoms with Gasteiger partial charge in [-0.3, -0.25) is 29.2 Å². The third-order valence-corrected chi connectivity index (χ3v) is 4.60. The third-order valence-electron chi connectivity index (χ3n) is 3.13. The highest BCUT2D eigenvalue weighted by molar-refractivity contribution is 14.1. The Morgan fingerprint density at radius 2 is 1.88 bits per heavy atom. The van der Waals surface area contributed by atoms with Crippen molar-refractivity contribution in [3.8, 4) is 0 Å². The minimum absolute atomic E-state index is 0.0750. The number of nitrogens with zero attached hydrogens (tertiary/aromatic N) is 2. The first-order valence-corrected chi connectivity index (χ1v) is 10.2. The van der Waals surface area contributed by atoms with Crippen LogP contribution in [0.5, 0.6) is 0 Å². The molecule has 0 fully saturated rings. The molecule has 14 heteroatoms. The summed E-state index contributed by atoms with van der Waals surface area (Å²) in [5.74, 6) is -1.84. The van der Waals surface area contributed by atoms with Gasteiger partial charge in [0.1, 0.15) is 5.69 Å². The lowest BCUT2D eigenvalue weighted by atomic mass is 9.97. The second-order valence-electron chi connectivity index (χ2n) is 5.00. The van der Waals surface area contributed by atoms with Crippen LogP contribution in [0.25, 0.3) is 0 Å². The smallest absolute Gasteiger partial charge is 0.299 e. The van der Waals surface area contributed by atoms with E-state index >= 15 is 0 Å². The molecule has 1 rings (SSSR count). The van der Waals surface area contributed by atoms with E-state index < -0.39 is 43.2 Å². The van der Waals surface area contributed by atoms with Crippen molar-refractivity contribution in [2.45, 2.75) is 5.92 Å². The summed E-state index contributed by atoms with van der Waals surface area (Å²) in [5, 5.41) is 25.0. The van der Waals surface area contributed by atoms with E-state index in [0.717, 1.165) is 18.4 Å². The molecular weight excluding hydrogens is 487 g/mol. The topological polar surface area (TPSA) is 185 Å². The van der Waals surface area contributed by atoms with E-state index in [1.54, 1.807) is 0 Å². The minimum atomic E-state index is -3.69. The molecule has 144 valence electrons. The van der Waals surface area contributed by atoms with Crippen molar-refractivity contribution < 1.29 is 27.2 Å². The van der Waals surface area contributed by atoms with Crippen LogP contribution in [0.2, 0.25) is 0 Å². The second kappa shape index (κ2) is 9.04. The number of alkyl halides is 1. The number of anilines is 1. The van der Waals surface area contributed by atoms with Crippen LogP contribution in [-0.4, -0.2) is 48.0 Å². The fourth-order valence-corrected chi connectivity index (χ4v) is 3.31. The van der Waals surface area contributed by atoms with Gasteiger partial charge in [0.15, 0.2) is 0 Å². The van der Waals surface area contributed by atoms with Gasteiger partial charge in [0.05, 0.1) is 34.7 Å². The van der Waals surface area contributed by atoms with Gasteiger partial charge in [0.25, 0.3) is 21.5 Å². The highest BCUT2D eigenvalue weighted by Crippen LogP contribution is 2.37. The Morgan fingerprint density at radius 3 is 2.31 bits per heavy atom. The Labute approximate surface area is 161 Å². The number of nitro groups is 2. The van der Waals surface area contributed by atoms with E-state index in [4.69, 9.17) is 5.73 Å². The van der Waals surface area contributed by atoms with Crippen molar-refractivity contribution in [1.29, 1.82) is 0 Å². The number of rotatable bonds is 10. The van der Waals surface area contributed by atoms with Crippen LogP contribution in [-0.2, 0) is 19.1 Å². The zero-order valence-corrected chi connectivity index (χ0v) is 16.4. The third kappa shape index (κ3) is 6.03. The molecule has 0 aromatic heterocycles. The van der Waals surface area contributed by atoms with Crippen LogP contribution in [0.15, 0.2) is 12.1 Å². The maximum atomic E-state index is 11.6. The zero-order valence-electron chi connectivity index (χ0n) is 13.4. The van der Waals surface area contributed by atoms with Gasteiger partial charge in [0, 0.05) is 16.5 Å². The number of amides is 1. The second-order valence-corrected chi connectivity index (χ2v) is 7.53. The van der Waals surface area contributed by atoms with Crippen LogP contribution >= 0.6 is 22.6 Å². The molecule has 1 unspecified atom stereocenters. The van der Waals surface area contributed by atoms with Gasteiger partial charge in [-0.1, -0.05) is 22.6 Å². The lowest BCUT2D eigenvalue weighted by Gasteiger charge is -2.14. The van der Waals surface area contributed by atoms with E-state index in [-0.39, 0.29) is 28.8 Å². The Hall–Kier alpha value is -2.07. The predicted octanol–water partition coefficient (Wildman–Crippen LogP) is 0.895. The van der Waals surface area contributed by atoms with Crippen molar-refractivity contribution in [3.63, 3.8) is 0 Å². The van der Waals surface area contributed by atoms with Gasteiger partial charge in [-0.2, -0.15) is 8.42 Å². The first-order valence-electron chi connectivity index (χ1n) is 6.88. The fourth-order valence-electron chi connectivity index (χ4n) is 2.01. The van der Waals surface area contributed by atoms with Crippen LogP contribution < -0.4 is 11.1 Å². The van der Waals surface area contributed by atoms with Crippen molar-refractivity contribution in [3.05, 3.63) is 37.9 Å². The summed E-state index contributed by atoms with van der Waals surface area (Å²) in [7, 11) is -3.69. The van der Waals surface area contributed by atoms with Gasteiger partial charge in [-0.25, -0.2) is 0 Å². The molecule has 1 atom stereocenters. The average Bonchev–Trinajstić information content (AvgIpc) is 2.50. The van der Waals surface area contributed by atoms with E-state index in [1.165, 1.54) is 0 Å². The summed E-state index contributed by atoms with van der Waals surface area (Å²) in [6.07, 6.45) is 0.845. The lowest BCUT2D eigenvalue weighted by molar-refractivity contribution is -0.394. The molecule has 3 N–H and O–H groups in total. The molecule has 0 bridgehead atoms. The molecule has 1 aromatic rings. The van der Waals surface area contributed by atoms with Crippen molar-refractivity contribution in [2.24, 2.45) is 5.73 Å². The van der Waals surface area contributed by atoms with Crippen LogP contribution in [0.3, 0.4) is 0 Å². The summed E-state index contributed by atoms with van der Waals surface area (Å²) in [4.78, 5) is 32.3. The number of primary amides is 1. The van der Waals surface area contributed by atoms with E-state index in [2.05, 4.69) is 9.50 Å². The van der Waals surface area contributed by atoms with E-state index in [9.17, 15) is 33.4 Å². The molecule has 0 radical (unpaired) electrons. The number of carbonyl (C=O) groups is 1. The maximum absolute atomic E-state index is 11.6. The largest absolute Gasteiger partial charge is 0.377 e. The number of hydrogen-bond donors (Lipinski definition) is 2. The molecule has 1 aromatic carbocycles. The molecule has 1 amide bonds. The van der Waals surface area contributed by atoms with Crippen molar-refractivity contribution >= 4 is 55.7 Å². The van der Waals surface area contributed by atoms with E-state index in [1.807, 2.05) is 22.6 Å². The molecule has 0 saturated heterocycles. The monoisotopic (exact) mass is 502 g/mol. The van der Waals surface area contributed by atoms with Gasteiger partial charge in [-0.15, -0.1) is 0 Å². The van der Waals surface area contributed by atoms with Gasteiger partial charge in [0.2, 0.25) is 5.91 Å². The normalized spacial score (nSPS) is 12.4. The Balaban J connectivity index is 3.32. The highest BCUT2D eigenvalue weighted by Gasteiger charge is 2.30. The number of halogens is 1. The minimum Gasteiger partial charge on any atom is -0.377 e. The zero-order chi connectivity index (χ0) is 20.1. The maximum Gasteiger partial charge on any atom is 0.299 e. The summed E-state index contributed by atoms with van der Waals surface area (Å²) in [6.45, 7) is -0.440. The van der Waals surface area contributed by atoms with Crippen LogP contribution in [0, 0.1) is 20.2 Å². The molecule has 26 heavy (non-hydrogen) atoms. The molecule has 0 heterocycles. The van der Waals surface area contributed by atoms with Crippen molar-refractivity contribution in [2.75, 3.05) is 29.2 Å². The molecule has 12 nitrogen and oxygen atoms in total. The van der Waals surface area contributed by atoms with Gasteiger partial charge in [-0.05, 0) is 6.07 Å². The molecule has 0 aliphatic rings. The van der Waals surface area contributed by atoms with Gasteiger partial charge >= 0.3 is 0 Å². The number of nitrogens with one attached hydrogen (secondary N) is 1. The first-order chi connectivity index (χ1) is 12.0.